The SMILES string of the molecule is CO[C@@H]1CC(=O)[C@]2(C)CC[C@@H]3[C@H](CC[C@H]4CCCC[C@@]43C)[C@H]12. The molecule has 0 unspecified atom stereocenters. The molecule has 0 aliphatic heterocycles. The van der Waals surface area contributed by atoms with E-state index in [2.05, 4.69) is 13.8 Å². The summed E-state index contributed by atoms with van der Waals surface area (Å²) in [6.45, 7) is 4.85. The van der Waals surface area contributed by atoms with Gasteiger partial charge in [-0.15, -0.1) is 0 Å². The standard InChI is InChI=1S/C20H32O2/c1-19-10-5-4-6-13(19)7-8-14-15(19)9-11-20(2)17(21)12-16(22-3)18(14)20/h13-16,18H,4-12H2,1-3H3/t13-,14+,15-,16-,18-,19+,20+/m1/s1. The molecule has 2 nitrogen and oxygen atoms in total. The van der Waals surface area contributed by atoms with E-state index >= 15 is 0 Å². The van der Waals surface area contributed by atoms with E-state index < -0.39 is 0 Å². The van der Waals surface area contributed by atoms with Gasteiger partial charge in [-0.25, -0.2) is 0 Å². The van der Waals surface area contributed by atoms with Gasteiger partial charge in [-0.3, -0.25) is 4.79 Å². The maximum Gasteiger partial charge on any atom is 0.141 e. The molecule has 4 aliphatic carbocycles. The number of carbonyl (C=O) groups is 1. The molecule has 124 valence electrons. The Hall–Kier alpha value is -0.370. The van der Waals surface area contributed by atoms with Gasteiger partial charge in [0.05, 0.1) is 6.10 Å². The number of hydrogen-bond acceptors (Lipinski definition) is 2. The highest BCUT2D eigenvalue weighted by molar-refractivity contribution is 5.88. The lowest BCUT2D eigenvalue weighted by Crippen LogP contribution is -2.54. The average Bonchev–Trinajstić information content (AvgIpc) is 2.78. The van der Waals surface area contributed by atoms with Crippen molar-refractivity contribution in [3.8, 4) is 0 Å². The lowest BCUT2D eigenvalue weighted by Gasteiger charge is -2.60. The van der Waals surface area contributed by atoms with E-state index in [4.69, 9.17) is 4.74 Å². The Morgan fingerprint density at radius 1 is 1.05 bits per heavy atom. The van der Waals surface area contributed by atoms with Crippen LogP contribution in [-0.4, -0.2) is 19.0 Å². The molecule has 4 saturated carbocycles. The Bertz CT molecular complexity index is 472. The zero-order valence-corrected chi connectivity index (χ0v) is 14.6. The largest absolute Gasteiger partial charge is 0.381 e. The van der Waals surface area contributed by atoms with Gasteiger partial charge in [0.15, 0.2) is 0 Å². The van der Waals surface area contributed by atoms with Crippen LogP contribution < -0.4 is 0 Å². The van der Waals surface area contributed by atoms with Crippen LogP contribution in [-0.2, 0) is 9.53 Å². The lowest BCUT2D eigenvalue weighted by atomic mass is 9.45. The van der Waals surface area contributed by atoms with Crippen molar-refractivity contribution in [2.45, 2.75) is 77.7 Å². The van der Waals surface area contributed by atoms with Gasteiger partial charge in [-0.1, -0.05) is 26.7 Å². The molecule has 0 spiro atoms. The van der Waals surface area contributed by atoms with Crippen LogP contribution in [0.25, 0.3) is 0 Å². The second-order valence-corrected chi connectivity index (χ2v) is 9.18. The third-order valence-corrected chi connectivity index (χ3v) is 8.56. The molecule has 0 heterocycles. The van der Waals surface area contributed by atoms with E-state index in [0.717, 1.165) is 24.2 Å². The fraction of sp³-hybridized carbons (Fsp3) is 0.950. The number of Topliss-reactive ketones (excluding diaryl/α,β-unsaturated/α-hetero) is 1. The minimum absolute atomic E-state index is 0.0836. The van der Waals surface area contributed by atoms with Gasteiger partial charge in [-0.05, 0) is 61.7 Å². The Labute approximate surface area is 135 Å². The third kappa shape index (κ3) is 1.85. The monoisotopic (exact) mass is 304 g/mol. The quantitative estimate of drug-likeness (QED) is 0.707. The molecule has 22 heavy (non-hydrogen) atoms. The zero-order chi connectivity index (χ0) is 15.5. The molecular formula is C20H32O2. The van der Waals surface area contributed by atoms with Crippen LogP contribution in [0.4, 0.5) is 0 Å². The molecule has 0 aromatic rings. The van der Waals surface area contributed by atoms with Gasteiger partial charge in [0, 0.05) is 24.9 Å². The molecule has 0 bridgehead atoms. The number of fused-ring (bicyclic) bond motifs is 5. The minimum Gasteiger partial charge on any atom is -0.381 e. The molecule has 4 fully saturated rings. The van der Waals surface area contributed by atoms with Crippen molar-refractivity contribution in [2.24, 2.45) is 34.5 Å². The first-order chi connectivity index (χ1) is 10.5. The summed E-state index contributed by atoms with van der Waals surface area (Å²) in [5, 5.41) is 0. The van der Waals surface area contributed by atoms with Gasteiger partial charge < -0.3 is 4.74 Å². The number of rotatable bonds is 1. The molecule has 0 N–H and O–H groups in total. The Morgan fingerprint density at radius 3 is 2.64 bits per heavy atom. The van der Waals surface area contributed by atoms with Crippen LogP contribution in [0.5, 0.6) is 0 Å². The molecule has 2 heteroatoms. The summed E-state index contributed by atoms with van der Waals surface area (Å²) in [4.78, 5) is 12.7. The maximum atomic E-state index is 12.7. The molecule has 0 aromatic carbocycles. The summed E-state index contributed by atoms with van der Waals surface area (Å²) in [5.41, 5.74) is 0.464. The maximum absolute atomic E-state index is 12.7. The van der Waals surface area contributed by atoms with E-state index in [0.29, 0.717) is 23.5 Å². The number of ketones is 1. The highest BCUT2D eigenvalue weighted by Gasteiger charge is 2.62. The van der Waals surface area contributed by atoms with Gasteiger partial charge in [0.1, 0.15) is 5.78 Å². The molecule has 0 amide bonds. The van der Waals surface area contributed by atoms with Crippen molar-refractivity contribution < 1.29 is 9.53 Å². The molecule has 4 rings (SSSR count). The van der Waals surface area contributed by atoms with Crippen LogP contribution in [0.3, 0.4) is 0 Å². The minimum atomic E-state index is -0.0836. The first-order valence-electron chi connectivity index (χ1n) is 9.57. The average molecular weight is 304 g/mol. The normalized spacial score (nSPS) is 54.5. The summed E-state index contributed by atoms with van der Waals surface area (Å²) < 4.78 is 5.81. The van der Waals surface area contributed by atoms with Crippen LogP contribution >= 0.6 is 0 Å². The van der Waals surface area contributed by atoms with E-state index in [-0.39, 0.29) is 11.5 Å². The van der Waals surface area contributed by atoms with E-state index in [9.17, 15) is 4.79 Å². The first kappa shape index (κ1) is 15.2. The Balaban J connectivity index is 1.69. The van der Waals surface area contributed by atoms with Gasteiger partial charge in [-0.2, -0.15) is 0 Å². The smallest absolute Gasteiger partial charge is 0.141 e. The molecule has 7 atom stereocenters. The summed E-state index contributed by atoms with van der Waals surface area (Å²) in [7, 11) is 1.82. The van der Waals surface area contributed by atoms with Crippen molar-refractivity contribution in [3.63, 3.8) is 0 Å². The topological polar surface area (TPSA) is 26.3 Å². The number of carbonyl (C=O) groups excluding carboxylic acids is 1. The molecule has 4 aliphatic rings. The number of hydrogen-bond donors (Lipinski definition) is 0. The Morgan fingerprint density at radius 2 is 1.86 bits per heavy atom. The van der Waals surface area contributed by atoms with Crippen molar-refractivity contribution in [2.75, 3.05) is 7.11 Å². The van der Waals surface area contributed by atoms with Crippen molar-refractivity contribution in [1.29, 1.82) is 0 Å². The predicted octanol–water partition coefficient (Wildman–Crippen LogP) is 4.61. The van der Waals surface area contributed by atoms with Crippen LogP contribution in [0.1, 0.15) is 71.6 Å². The first-order valence-corrected chi connectivity index (χ1v) is 9.57. The Kier molecular flexibility index (Phi) is 3.49. The van der Waals surface area contributed by atoms with Crippen LogP contribution in [0.15, 0.2) is 0 Å². The fourth-order valence-electron chi connectivity index (χ4n) is 7.33. The third-order valence-electron chi connectivity index (χ3n) is 8.56. The van der Waals surface area contributed by atoms with Gasteiger partial charge in [0.2, 0.25) is 0 Å². The summed E-state index contributed by atoms with van der Waals surface area (Å²) in [6.07, 6.45) is 11.7. The number of methoxy groups -OCH3 is 1. The molecule has 0 aromatic heterocycles. The summed E-state index contributed by atoms with van der Waals surface area (Å²) in [5.74, 6) is 3.50. The number of ether oxygens (including phenoxy) is 1. The van der Waals surface area contributed by atoms with E-state index in [1.807, 2.05) is 7.11 Å². The lowest BCUT2D eigenvalue weighted by molar-refractivity contribution is -0.144. The second kappa shape index (κ2) is 5.06. The van der Waals surface area contributed by atoms with Crippen molar-refractivity contribution >= 4 is 5.78 Å². The molecular weight excluding hydrogens is 272 g/mol. The molecule has 0 radical (unpaired) electrons. The van der Waals surface area contributed by atoms with Crippen molar-refractivity contribution in [3.05, 3.63) is 0 Å². The fourth-order valence-corrected chi connectivity index (χ4v) is 7.33. The highest BCUT2D eigenvalue weighted by atomic mass is 16.5. The van der Waals surface area contributed by atoms with E-state index in [1.165, 1.54) is 44.9 Å². The molecule has 0 saturated heterocycles. The highest BCUT2D eigenvalue weighted by Crippen LogP contribution is 2.65. The predicted molar refractivity (Wildman–Crippen MR) is 87.5 cm³/mol. The van der Waals surface area contributed by atoms with E-state index in [1.54, 1.807) is 0 Å². The summed E-state index contributed by atoms with van der Waals surface area (Å²) >= 11 is 0. The van der Waals surface area contributed by atoms with Crippen LogP contribution in [0.2, 0.25) is 0 Å². The van der Waals surface area contributed by atoms with Crippen molar-refractivity contribution in [1.82, 2.24) is 0 Å². The van der Waals surface area contributed by atoms with Gasteiger partial charge in [0.25, 0.3) is 0 Å². The summed E-state index contributed by atoms with van der Waals surface area (Å²) in [6, 6.07) is 0. The zero-order valence-electron chi connectivity index (χ0n) is 14.6. The van der Waals surface area contributed by atoms with Crippen LogP contribution in [0, 0.1) is 34.5 Å². The second-order valence-electron chi connectivity index (χ2n) is 9.18. The van der Waals surface area contributed by atoms with Gasteiger partial charge >= 0.3 is 0 Å².